The Morgan fingerprint density at radius 1 is 1.10 bits per heavy atom. The summed E-state index contributed by atoms with van der Waals surface area (Å²) in [6.45, 7) is -0.0768. The number of rotatable bonds is 6. The smallest absolute Gasteiger partial charge is 0.263 e. The van der Waals surface area contributed by atoms with Crippen LogP contribution in [-0.4, -0.2) is 25.0 Å². The Kier molecular flexibility index (Phi) is 5.12. The molecule has 0 atom stereocenters. The molecule has 0 saturated carbocycles. The Bertz CT molecular complexity index is 1310. The number of nitriles is 1. The van der Waals surface area contributed by atoms with Crippen LogP contribution >= 0.6 is 11.3 Å². The number of aromatic nitrogens is 2. The maximum atomic E-state index is 12.7. The molecule has 2 aromatic carbocycles. The van der Waals surface area contributed by atoms with E-state index in [0.717, 1.165) is 10.9 Å². The molecule has 0 bridgehead atoms. The Morgan fingerprint density at radius 3 is 2.76 bits per heavy atom. The molecule has 0 aliphatic carbocycles. The zero-order chi connectivity index (χ0) is 20.3. The molecule has 2 aromatic heterocycles. The Hall–Kier alpha value is -3.48. The molecule has 0 aliphatic heterocycles. The molecular formula is C20H14N4O3S2. The first-order valence-corrected chi connectivity index (χ1v) is 10.8. The maximum Gasteiger partial charge on any atom is 0.263 e. The first-order chi connectivity index (χ1) is 14.1. The predicted octanol–water partition coefficient (Wildman–Crippen LogP) is 4.06. The summed E-state index contributed by atoms with van der Waals surface area (Å²) in [7, 11) is -3.76. The van der Waals surface area contributed by atoms with Crippen molar-refractivity contribution in [1.29, 1.82) is 5.26 Å². The second-order valence-corrected chi connectivity index (χ2v) is 8.51. The largest absolute Gasteiger partial charge is 0.478 e. The summed E-state index contributed by atoms with van der Waals surface area (Å²) in [4.78, 5) is 8.55. The summed E-state index contributed by atoms with van der Waals surface area (Å²) in [5, 5.41) is 12.3. The second kappa shape index (κ2) is 7.87. The number of ether oxygens (including phenoxy) is 1. The van der Waals surface area contributed by atoms with Crippen molar-refractivity contribution in [3.8, 4) is 23.1 Å². The van der Waals surface area contributed by atoms with Crippen LogP contribution in [0.2, 0.25) is 0 Å². The van der Waals surface area contributed by atoms with Gasteiger partial charge in [0.05, 0.1) is 10.6 Å². The van der Waals surface area contributed by atoms with Crippen molar-refractivity contribution in [2.75, 3.05) is 11.3 Å². The third-order valence-corrected chi connectivity index (χ3v) is 6.29. The van der Waals surface area contributed by atoms with E-state index in [9.17, 15) is 8.42 Å². The summed E-state index contributed by atoms with van der Waals surface area (Å²) in [6.07, 6.45) is 3.15. The number of nitrogens with zero attached hydrogens (tertiary/aromatic N) is 3. The van der Waals surface area contributed by atoms with Crippen molar-refractivity contribution in [2.45, 2.75) is 4.90 Å². The van der Waals surface area contributed by atoms with Gasteiger partial charge in [-0.3, -0.25) is 9.71 Å². The molecule has 0 aliphatic rings. The molecule has 0 fully saturated rings. The lowest BCUT2D eigenvalue weighted by Gasteiger charge is -2.12. The van der Waals surface area contributed by atoms with Crippen LogP contribution in [0.1, 0.15) is 0 Å². The normalized spacial score (nSPS) is 11.1. The minimum atomic E-state index is -3.76. The van der Waals surface area contributed by atoms with E-state index in [1.807, 2.05) is 24.3 Å². The number of para-hydroxylation sites is 1. The van der Waals surface area contributed by atoms with E-state index >= 15 is 0 Å². The highest BCUT2D eigenvalue weighted by molar-refractivity contribution is 7.93. The van der Waals surface area contributed by atoms with Crippen LogP contribution in [-0.2, 0) is 10.0 Å². The van der Waals surface area contributed by atoms with E-state index in [2.05, 4.69) is 14.7 Å². The van der Waals surface area contributed by atoms with E-state index in [4.69, 9.17) is 10.00 Å². The van der Waals surface area contributed by atoms with Crippen LogP contribution in [0.25, 0.3) is 22.0 Å². The van der Waals surface area contributed by atoms with Crippen molar-refractivity contribution >= 4 is 37.3 Å². The van der Waals surface area contributed by atoms with Gasteiger partial charge in [-0.05, 0) is 35.7 Å². The fraction of sp³-hybridized carbons (Fsp3) is 0.0500. The molecule has 29 heavy (non-hydrogen) atoms. The number of fused-ring (bicyclic) bond motifs is 1. The zero-order valence-corrected chi connectivity index (χ0v) is 16.6. The fourth-order valence-corrected chi connectivity index (χ4v) is 4.71. The first kappa shape index (κ1) is 18.9. The average Bonchev–Trinajstić information content (AvgIpc) is 3.24. The molecule has 0 radical (unpaired) electrons. The lowest BCUT2D eigenvalue weighted by atomic mass is 10.0. The Labute approximate surface area is 171 Å². The van der Waals surface area contributed by atoms with Gasteiger partial charge < -0.3 is 4.74 Å². The number of thiazole rings is 1. The minimum absolute atomic E-state index is 0.0768. The average molecular weight is 422 g/mol. The molecule has 4 rings (SSSR count). The molecule has 4 aromatic rings. The summed E-state index contributed by atoms with van der Waals surface area (Å²) in [6, 6.07) is 15.8. The van der Waals surface area contributed by atoms with Gasteiger partial charge in [0.1, 0.15) is 11.8 Å². The molecule has 9 heteroatoms. The highest BCUT2D eigenvalue weighted by Gasteiger charge is 2.18. The summed E-state index contributed by atoms with van der Waals surface area (Å²) in [5.41, 5.74) is 1.37. The van der Waals surface area contributed by atoms with Gasteiger partial charge in [0, 0.05) is 28.7 Å². The third kappa shape index (κ3) is 3.89. The molecular weight excluding hydrogens is 408 g/mol. The molecule has 0 saturated heterocycles. The SMILES string of the molecule is N#CCOc1ccccc1-c1nccc2cc(S(=O)(=O)Nc3nccs3)ccc12. The molecule has 2 heterocycles. The molecule has 1 N–H and O–H groups in total. The van der Waals surface area contributed by atoms with E-state index in [1.165, 1.54) is 23.6 Å². The first-order valence-electron chi connectivity index (χ1n) is 8.49. The summed E-state index contributed by atoms with van der Waals surface area (Å²) in [5.74, 6) is 0.538. The fourth-order valence-electron chi connectivity index (χ4n) is 2.88. The third-order valence-electron chi connectivity index (χ3n) is 4.13. The van der Waals surface area contributed by atoms with Crippen LogP contribution < -0.4 is 9.46 Å². The molecule has 0 unspecified atom stereocenters. The zero-order valence-electron chi connectivity index (χ0n) is 14.9. The van der Waals surface area contributed by atoms with Crippen LogP contribution in [0.15, 0.2) is 71.2 Å². The van der Waals surface area contributed by atoms with Gasteiger partial charge in [0.25, 0.3) is 10.0 Å². The Balaban J connectivity index is 1.78. The number of anilines is 1. The summed E-state index contributed by atoms with van der Waals surface area (Å²) >= 11 is 1.21. The highest BCUT2D eigenvalue weighted by atomic mass is 32.2. The van der Waals surface area contributed by atoms with Crippen molar-refractivity contribution < 1.29 is 13.2 Å². The highest BCUT2D eigenvalue weighted by Crippen LogP contribution is 2.34. The number of benzene rings is 2. The van der Waals surface area contributed by atoms with Crippen LogP contribution in [0.4, 0.5) is 5.13 Å². The van der Waals surface area contributed by atoms with Gasteiger partial charge in [-0.25, -0.2) is 13.4 Å². The lowest BCUT2D eigenvalue weighted by Crippen LogP contribution is -2.12. The van der Waals surface area contributed by atoms with E-state index < -0.39 is 10.0 Å². The van der Waals surface area contributed by atoms with Crippen molar-refractivity contribution in [3.63, 3.8) is 0 Å². The summed E-state index contributed by atoms with van der Waals surface area (Å²) < 4.78 is 33.3. The van der Waals surface area contributed by atoms with Gasteiger partial charge in [0.2, 0.25) is 0 Å². The predicted molar refractivity (Wildman–Crippen MR) is 111 cm³/mol. The molecule has 144 valence electrons. The Morgan fingerprint density at radius 2 is 1.97 bits per heavy atom. The van der Waals surface area contributed by atoms with Crippen molar-refractivity contribution in [2.24, 2.45) is 0 Å². The number of hydrogen-bond acceptors (Lipinski definition) is 7. The van der Waals surface area contributed by atoms with Gasteiger partial charge in [-0.2, -0.15) is 5.26 Å². The second-order valence-electron chi connectivity index (χ2n) is 5.93. The quantitative estimate of drug-likeness (QED) is 0.502. The number of pyridine rings is 1. The standard InChI is InChI=1S/C20H14N4O3S2/c21-8-11-27-18-4-2-1-3-17(18)19-16-6-5-15(13-14(16)7-9-22-19)29(25,26)24-20-23-10-12-28-20/h1-7,9-10,12-13H,11H2,(H,23,24). The van der Waals surface area contributed by atoms with Crippen molar-refractivity contribution in [1.82, 2.24) is 9.97 Å². The molecule has 0 spiro atoms. The lowest BCUT2D eigenvalue weighted by molar-refractivity contribution is 0.369. The van der Waals surface area contributed by atoms with E-state index in [-0.39, 0.29) is 11.5 Å². The van der Waals surface area contributed by atoms with Crippen molar-refractivity contribution in [3.05, 3.63) is 66.3 Å². The number of hydrogen-bond donors (Lipinski definition) is 1. The minimum Gasteiger partial charge on any atom is -0.478 e. The number of nitrogens with one attached hydrogen (secondary N) is 1. The molecule has 7 nitrogen and oxygen atoms in total. The van der Waals surface area contributed by atoms with Gasteiger partial charge in [-0.15, -0.1) is 11.3 Å². The topological polar surface area (TPSA) is 105 Å². The van der Waals surface area contributed by atoms with Gasteiger partial charge in [0.15, 0.2) is 11.7 Å². The van der Waals surface area contributed by atoms with Crippen LogP contribution in [0.3, 0.4) is 0 Å². The van der Waals surface area contributed by atoms with Crippen LogP contribution in [0.5, 0.6) is 5.75 Å². The van der Waals surface area contributed by atoms with Gasteiger partial charge in [-0.1, -0.05) is 18.2 Å². The maximum absolute atomic E-state index is 12.7. The van der Waals surface area contributed by atoms with E-state index in [0.29, 0.717) is 22.0 Å². The molecule has 0 amide bonds. The van der Waals surface area contributed by atoms with Crippen LogP contribution in [0, 0.1) is 11.3 Å². The van der Waals surface area contributed by atoms with E-state index in [1.54, 1.807) is 35.8 Å². The number of sulfonamides is 1. The monoisotopic (exact) mass is 422 g/mol. The van der Waals surface area contributed by atoms with Gasteiger partial charge >= 0.3 is 0 Å².